The average molecular weight is 291 g/mol. The number of aromatic amines is 2. The SMILES string of the molecule is N=C(Nc1nc2ccccc2[nH]1)Nc1nc2ccccc2[nH]1. The van der Waals surface area contributed by atoms with Crippen molar-refractivity contribution < 1.29 is 0 Å². The first kappa shape index (κ1) is 12.4. The molecule has 108 valence electrons. The summed E-state index contributed by atoms with van der Waals surface area (Å²) in [7, 11) is 0. The summed E-state index contributed by atoms with van der Waals surface area (Å²) in [5.74, 6) is 1.10. The first-order chi connectivity index (χ1) is 10.8. The third-order valence-corrected chi connectivity index (χ3v) is 3.27. The third kappa shape index (κ3) is 2.24. The van der Waals surface area contributed by atoms with Gasteiger partial charge in [-0.1, -0.05) is 24.3 Å². The van der Waals surface area contributed by atoms with Crippen LogP contribution >= 0.6 is 0 Å². The molecule has 0 unspecified atom stereocenters. The molecule has 2 heterocycles. The van der Waals surface area contributed by atoms with Gasteiger partial charge in [0.15, 0.2) is 0 Å². The van der Waals surface area contributed by atoms with Crippen molar-refractivity contribution in [3.63, 3.8) is 0 Å². The Hall–Kier alpha value is -3.35. The van der Waals surface area contributed by atoms with Crippen molar-refractivity contribution in [1.29, 1.82) is 5.41 Å². The van der Waals surface area contributed by atoms with Gasteiger partial charge in [0.1, 0.15) is 0 Å². The molecule has 0 radical (unpaired) electrons. The molecule has 2 aromatic heterocycles. The minimum absolute atomic E-state index is 0.0816. The molecule has 0 aliphatic carbocycles. The quantitative estimate of drug-likeness (QED) is 0.289. The number of fused-ring (bicyclic) bond motifs is 2. The molecule has 0 bridgehead atoms. The summed E-state index contributed by atoms with van der Waals surface area (Å²) in [4.78, 5) is 14.9. The molecule has 2 aromatic carbocycles. The van der Waals surface area contributed by atoms with Crippen LogP contribution in [-0.2, 0) is 0 Å². The maximum atomic E-state index is 7.97. The second kappa shape index (κ2) is 4.88. The summed E-state index contributed by atoms with van der Waals surface area (Å²) in [6.45, 7) is 0. The van der Waals surface area contributed by atoms with Crippen LogP contribution in [0, 0.1) is 5.41 Å². The molecule has 5 N–H and O–H groups in total. The van der Waals surface area contributed by atoms with Gasteiger partial charge in [0, 0.05) is 0 Å². The van der Waals surface area contributed by atoms with E-state index >= 15 is 0 Å². The van der Waals surface area contributed by atoms with Gasteiger partial charge in [0.05, 0.1) is 22.1 Å². The number of H-pyrrole nitrogens is 2. The van der Waals surface area contributed by atoms with E-state index in [0.717, 1.165) is 22.1 Å². The maximum Gasteiger partial charge on any atom is 0.208 e. The van der Waals surface area contributed by atoms with Crippen LogP contribution in [0.15, 0.2) is 48.5 Å². The van der Waals surface area contributed by atoms with E-state index in [1.807, 2.05) is 48.5 Å². The molecule has 0 amide bonds. The number of benzene rings is 2. The summed E-state index contributed by atoms with van der Waals surface area (Å²) >= 11 is 0. The maximum absolute atomic E-state index is 7.97. The van der Waals surface area contributed by atoms with Crippen molar-refractivity contribution in [3.05, 3.63) is 48.5 Å². The van der Waals surface area contributed by atoms with Crippen LogP contribution in [0.5, 0.6) is 0 Å². The highest BCUT2D eigenvalue weighted by Gasteiger charge is 2.06. The first-order valence-electron chi connectivity index (χ1n) is 6.80. The lowest BCUT2D eigenvalue weighted by atomic mass is 10.3. The lowest BCUT2D eigenvalue weighted by Gasteiger charge is -2.04. The van der Waals surface area contributed by atoms with Gasteiger partial charge in [-0.2, -0.15) is 0 Å². The molecular formula is C15H13N7. The standard InChI is InChI=1S/C15H13N7/c16-13(21-14-17-9-5-1-2-6-10(9)18-14)22-15-19-11-7-3-4-8-12(11)20-15/h1-8H,(H5,16,17,18,19,20,21,22). The number of rotatable bonds is 2. The zero-order valence-electron chi connectivity index (χ0n) is 11.5. The van der Waals surface area contributed by atoms with E-state index in [9.17, 15) is 0 Å². The smallest absolute Gasteiger partial charge is 0.208 e. The van der Waals surface area contributed by atoms with E-state index in [2.05, 4.69) is 30.6 Å². The van der Waals surface area contributed by atoms with E-state index in [1.54, 1.807) is 0 Å². The Morgan fingerprint density at radius 2 is 1.23 bits per heavy atom. The molecule has 0 spiro atoms. The molecule has 4 rings (SSSR count). The summed E-state index contributed by atoms with van der Waals surface area (Å²) in [5.41, 5.74) is 3.53. The lowest BCUT2D eigenvalue weighted by molar-refractivity contribution is 1.27. The van der Waals surface area contributed by atoms with Crippen LogP contribution in [0.2, 0.25) is 0 Å². The Morgan fingerprint density at radius 3 is 1.68 bits per heavy atom. The molecule has 0 aliphatic rings. The van der Waals surface area contributed by atoms with E-state index in [4.69, 9.17) is 5.41 Å². The number of nitrogens with zero attached hydrogens (tertiary/aromatic N) is 2. The normalized spacial score (nSPS) is 10.9. The summed E-state index contributed by atoms with van der Waals surface area (Å²) in [6.07, 6.45) is 0. The van der Waals surface area contributed by atoms with Crippen LogP contribution in [0.1, 0.15) is 0 Å². The highest BCUT2D eigenvalue weighted by molar-refractivity contribution is 6.00. The number of hydrogen-bond donors (Lipinski definition) is 5. The molecule has 22 heavy (non-hydrogen) atoms. The Kier molecular flexibility index (Phi) is 2.75. The van der Waals surface area contributed by atoms with Gasteiger partial charge < -0.3 is 9.97 Å². The molecule has 0 fully saturated rings. The topological polar surface area (TPSA) is 105 Å². The van der Waals surface area contributed by atoms with Crippen molar-refractivity contribution in [2.75, 3.05) is 10.6 Å². The van der Waals surface area contributed by atoms with Gasteiger partial charge in [0.25, 0.3) is 0 Å². The fraction of sp³-hybridized carbons (Fsp3) is 0. The molecule has 7 nitrogen and oxygen atoms in total. The predicted octanol–water partition coefficient (Wildman–Crippen LogP) is 2.90. The Balaban J connectivity index is 1.52. The highest BCUT2D eigenvalue weighted by Crippen LogP contribution is 2.15. The highest BCUT2D eigenvalue weighted by atomic mass is 15.3. The zero-order valence-corrected chi connectivity index (χ0v) is 11.5. The van der Waals surface area contributed by atoms with Crippen molar-refractivity contribution in [1.82, 2.24) is 19.9 Å². The fourth-order valence-electron chi connectivity index (χ4n) is 2.29. The van der Waals surface area contributed by atoms with Crippen LogP contribution in [0.25, 0.3) is 22.1 Å². The number of para-hydroxylation sites is 4. The Labute approximate surface area is 125 Å². The summed E-state index contributed by atoms with van der Waals surface area (Å²) < 4.78 is 0. The molecule has 0 aliphatic heterocycles. The molecule has 4 aromatic rings. The largest absolute Gasteiger partial charge is 0.324 e. The fourth-order valence-corrected chi connectivity index (χ4v) is 2.29. The van der Waals surface area contributed by atoms with Gasteiger partial charge in [-0.15, -0.1) is 0 Å². The van der Waals surface area contributed by atoms with E-state index < -0.39 is 0 Å². The number of aromatic nitrogens is 4. The third-order valence-electron chi connectivity index (χ3n) is 3.27. The van der Waals surface area contributed by atoms with Gasteiger partial charge in [-0.3, -0.25) is 16.0 Å². The summed E-state index contributed by atoms with van der Waals surface area (Å²) in [6, 6.07) is 15.4. The van der Waals surface area contributed by atoms with Crippen LogP contribution in [0.4, 0.5) is 11.9 Å². The molecule has 0 saturated carbocycles. The van der Waals surface area contributed by atoms with E-state index in [-0.39, 0.29) is 5.96 Å². The van der Waals surface area contributed by atoms with Gasteiger partial charge >= 0.3 is 0 Å². The van der Waals surface area contributed by atoms with Crippen LogP contribution in [0.3, 0.4) is 0 Å². The van der Waals surface area contributed by atoms with Gasteiger partial charge in [-0.25, -0.2) is 9.97 Å². The number of hydrogen-bond acceptors (Lipinski definition) is 3. The second-order valence-electron chi connectivity index (χ2n) is 4.83. The number of guanidine groups is 1. The van der Waals surface area contributed by atoms with Crippen molar-refractivity contribution in [3.8, 4) is 0 Å². The average Bonchev–Trinajstić information content (AvgIpc) is 3.08. The number of nitrogens with one attached hydrogen (secondary N) is 5. The van der Waals surface area contributed by atoms with E-state index in [1.165, 1.54) is 0 Å². The number of anilines is 2. The number of imidazole rings is 2. The molecule has 0 saturated heterocycles. The van der Waals surface area contributed by atoms with Gasteiger partial charge in [0.2, 0.25) is 17.9 Å². The molecule has 7 heteroatoms. The molecule has 0 atom stereocenters. The second-order valence-corrected chi connectivity index (χ2v) is 4.83. The van der Waals surface area contributed by atoms with Gasteiger partial charge in [-0.05, 0) is 24.3 Å². The minimum Gasteiger partial charge on any atom is -0.324 e. The predicted molar refractivity (Wildman–Crippen MR) is 87.2 cm³/mol. The van der Waals surface area contributed by atoms with E-state index in [0.29, 0.717) is 11.9 Å². The minimum atomic E-state index is 0.0816. The van der Waals surface area contributed by atoms with Crippen molar-refractivity contribution in [2.24, 2.45) is 0 Å². The van der Waals surface area contributed by atoms with Crippen molar-refractivity contribution in [2.45, 2.75) is 0 Å². The lowest BCUT2D eigenvalue weighted by Crippen LogP contribution is -2.21. The van der Waals surface area contributed by atoms with Crippen LogP contribution < -0.4 is 10.6 Å². The Bertz CT molecular complexity index is 822. The zero-order chi connectivity index (χ0) is 14.9. The Morgan fingerprint density at radius 1 is 0.773 bits per heavy atom. The van der Waals surface area contributed by atoms with Crippen molar-refractivity contribution >= 4 is 39.9 Å². The monoisotopic (exact) mass is 291 g/mol. The first-order valence-corrected chi connectivity index (χ1v) is 6.80. The summed E-state index contributed by atoms with van der Waals surface area (Å²) in [5, 5.41) is 13.7. The molecular weight excluding hydrogens is 278 g/mol. The van der Waals surface area contributed by atoms with Crippen LogP contribution in [-0.4, -0.2) is 25.9 Å².